The van der Waals surface area contributed by atoms with Gasteiger partial charge in [0.15, 0.2) is 0 Å². The molecule has 1 saturated heterocycles. The minimum absolute atomic E-state index is 0.229. The number of nitrogens with zero attached hydrogens (tertiary/aromatic N) is 2. The monoisotopic (exact) mass is 316 g/mol. The van der Waals surface area contributed by atoms with Crippen molar-refractivity contribution < 1.29 is 14.3 Å². The molecule has 0 aromatic heterocycles. The van der Waals surface area contributed by atoms with Crippen LogP contribution >= 0.6 is 0 Å². The van der Waals surface area contributed by atoms with Crippen LogP contribution in [0, 0.1) is 18.3 Å². The van der Waals surface area contributed by atoms with Crippen LogP contribution in [-0.2, 0) is 19.8 Å². The minimum Gasteiger partial charge on any atom is -0.466 e. The molecule has 0 radical (unpaired) electrons. The molecule has 0 saturated carbocycles. The lowest BCUT2D eigenvalue weighted by molar-refractivity contribution is -0.144. The number of nitriles is 1. The summed E-state index contributed by atoms with van der Waals surface area (Å²) in [5.41, 5.74) is 1.22. The van der Waals surface area contributed by atoms with Crippen LogP contribution in [0.25, 0.3) is 0 Å². The predicted octanol–water partition coefficient (Wildman–Crippen LogP) is 2.39. The number of hydrogen-bond donors (Lipinski definition) is 0. The van der Waals surface area contributed by atoms with Gasteiger partial charge in [-0.2, -0.15) is 5.26 Å². The van der Waals surface area contributed by atoms with E-state index in [1.54, 1.807) is 6.92 Å². The highest BCUT2D eigenvalue weighted by Crippen LogP contribution is 2.34. The summed E-state index contributed by atoms with van der Waals surface area (Å²) < 4.78 is 10.5. The lowest BCUT2D eigenvalue weighted by Gasteiger charge is -2.41. The molecule has 0 amide bonds. The maximum atomic E-state index is 11.8. The second-order valence-corrected chi connectivity index (χ2v) is 5.75. The smallest absolute Gasteiger partial charge is 0.305 e. The van der Waals surface area contributed by atoms with Crippen LogP contribution in [0.1, 0.15) is 30.9 Å². The molecule has 1 aromatic rings. The summed E-state index contributed by atoms with van der Waals surface area (Å²) in [5, 5.41) is 10.0. The Morgan fingerprint density at radius 1 is 1.43 bits per heavy atom. The number of esters is 1. The molecule has 5 nitrogen and oxygen atoms in total. The van der Waals surface area contributed by atoms with Gasteiger partial charge in [0.1, 0.15) is 5.54 Å². The molecule has 5 heteroatoms. The summed E-state index contributed by atoms with van der Waals surface area (Å²) in [6.45, 7) is 6.74. The van der Waals surface area contributed by atoms with Crippen LogP contribution in [0.3, 0.4) is 0 Å². The van der Waals surface area contributed by atoms with Crippen molar-refractivity contribution in [2.75, 3.05) is 32.9 Å². The van der Waals surface area contributed by atoms with Crippen molar-refractivity contribution in [3.63, 3.8) is 0 Å². The number of carbonyl (C=O) groups is 1. The summed E-state index contributed by atoms with van der Waals surface area (Å²) in [6, 6.07) is 10.5. The highest BCUT2D eigenvalue weighted by atomic mass is 16.5. The third-order valence-corrected chi connectivity index (χ3v) is 4.23. The molecule has 23 heavy (non-hydrogen) atoms. The van der Waals surface area contributed by atoms with Gasteiger partial charge in [0.05, 0.1) is 25.9 Å². The number of aryl methyl sites for hydroxylation is 1. The third kappa shape index (κ3) is 4.10. The quantitative estimate of drug-likeness (QED) is 0.754. The van der Waals surface area contributed by atoms with E-state index in [2.05, 4.69) is 11.0 Å². The first kappa shape index (κ1) is 17.5. The lowest BCUT2D eigenvalue weighted by Crippen LogP contribution is -2.51. The second-order valence-electron chi connectivity index (χ2n) is 5.75. The highest BCUT2D eigenvalue weighted by molar-refractivity contribution is 5.69. The van der Waals surface area contributed by atoms with Crippen molar-refractivity contribution in [2.45, 2.75) is 32.2 Å². The van der Waals surface area contributed by atoms with Crippen molar-refractivity contribution in [2.24, 2.45) is 0 Å². The Labute approximate surface area is 137 Å². The number of hydrogen-bond acceptors (Lipinski definition) is 5. The number of benzene rings is 1. The summed E-state index contributed by atoms with van der Waals surface area (Å²) in [5.74, 6) is -0.256. The molecule has 0 N–H and O–H groups in total. The Morgan fingerprint density at radius 2 is 2.17 bits per heavy atom. The van der Waals surface area contributed by atoms with Gasteiger partial charge in [-0.1, -0.05) is 29.8 Å². The van der Waals surface area contributed by atoms with Crippen LogP contribution in [0.4, 0.5) is 0 Å². The maximum Gasteiger partial charge on any atom is 0.305 e. The summed E-state index contributed by atoms with van der Waals surface area (Å²) in [7, 11) is 0. The minimum atomic E-state index is -0.817. The van der Waals surface area contributed by atoms with Crippen LogP contribution < -0.4 is 0 Å². The lowest BCUT2D eigenvalue weighted by atomic mass is 9.84. The first-order valence-electron chi connectivity index (χ1n) is 8.09. The van der Waals surface area contributed by atoms with Crippen molar-refractivity contribution in [3.8, 4) is 6.07 Å². The SMILES string of the molecule is CCOC(=O)CCC(C#N)(c1cccc(C)c1)N1CCOCC1. The predicted molar refractivity (Wildman–Crippen MR) is 86.7 cm³/mol. The molecular weight excluding hydrogens is 292 g/mol. The van der Waals surface area contributed by atoms with Gasteiger partial charge in [-0.25, -0.2) is 0 Å². The largest absolute Gasteiger partial charge is 0.466 e. The van der Waals surface area contributed by atoms with E-state index >= 15 is 0 Å². The van der Waals surface area contributed by atoms with Gasteiger partial charge < -0.3 is 9.47 Å². The van der Waals surface area contributed by atoms with E-state index in [1.165, 1.54) is 0 Å². The standard InChI is InChI=1S/C18H24N2O3/c1-3-23-17(21)7-8-18(14-19,20-9-11-22-12-10-20)16-6-4-5-15(2)13-16/h4-6,13H,3,7-12H2,1-2H3. The molecule has 0 aliphatic carbocycles. The van der Waals surface area contributed by atoms with Crippen LogP contribution in [0.15, 0.2) is 24.3 Å². The van der Waals surface area contributed by atoms with Crippen LogP contribution in [0.5, 0.6) is 0 Å². The molecule has 0 spiro atoms. The van der Waals surface area contributed by atoms with Gasteiger partial charge >= 0.3 is 5.97 Å². The zero-order valence-corrected chi connectivity index (χ0v) is 13.9. The zero-order valence-electron chi connectivity index (χ0n) is 13.9. The number of ether oxygens (including phenoxy) is 2. The number of rotatable bonds is 6. The Hall–Kier alpha value is -1.90. The Balaban J connectivity index is 2.31. The zero-order chi connectivity index (χ0) is 16.7. The fourth-order valence-corrected chi connectivity index (χ4v) is 3.04. The van der Waals surface area contributed by atoms with Crippen molar-refractivity contribution in [3.05, 3.63) is 35.4 Å². The molecule has 124 valence electrons. The third-order valence-electron chi connectivity index (χ3n) is 4.23. The molecule has 1 aliphatic heterocycles. The highest BCUT2D eigenvalue weighted by Gasteiger charge is 2.40. The van der Waals surface area contributed by atoms with E-state index in [4.69, 9.17) is 9.47 Å². The van der Waals surface area contributed by atoms with Crippen LogP contribution in [0.2, 0.25) is 0 Å². The summed E-state index contributed by atoms with van der Waals surface area (Å²) in [4.78, 5) is 13.9. The van der Waals surface area contributed by atoms with Gasteiger partial charge in [0.25, 0.3) is 0 Å². The summed E-state index contributed by atoms with van der Waals surface area (Å²) in [6.07, 6.45) is 0.651. The molecule has 1 aromatic carbocycles. The second kappa shape index (κ2) is 8.09. The van der Waals surface area contributed by atoms with Gasteiger partial charge in [-0.15, -0.1) is 0 Å². The fourth-order valence-electron chi connectivity index (χ4n) is 3.04. The van der Waals surface area contributed by atoms with E-state index in [1.807, 2.05) is 31.2 Å². The number of morpholine rings is 1. The first-order chi connectivity index (χ1) is 11.1. The van der Waals surface area contributed by atoms with E-state index in [9.17, 15) is 10.1 Å². The average molecular weight is 316 g/mol. The maximum absolute atomic E-state index is 11.8. The van der Waals surface area contributed by atoms with Crippen molar-refractivity contribution in [1.82, 2.24) is 4.90 Å². The van der Waals surface area contributed by atoms with Crippen LogP contribution in [-0.4, -0.2) is 43.8 Å². The van der Waals surface area contributed by atoms with Gasteiger partial charge in [-0.3, -0.25) is 9.69 Å². The molecule has 2 rings (SSSR count). The fraction of sp³-hybridized carbons (Fsp3) is 0.556. The van der Waals surface area contributed by atoms with E-state index < -0.39 is 5.54 Å². The van der Waals surface area contributed by atoms with Gasteiger partial charge in [0, 0.05) is 19.5 Å². The molecule has 1 aliphatic rings. The Bertz CT molecular complexity index is 576. The van der Waals surface area contributed by atoms with Gasteiger partial charge in [0.2, 0.25) is 0 Å². The van der Waals surface area contributed by atoms with Crippen molar-refractivity contribution >= 4 is 5.97 Å². The van der Waals surface area contributed by atoms with Gasteiger partial charge in [-0.05, 0) is 25.8 Å². The molecular formula is C18H24N2O3. The molecule has 1 unspecified atom stereocenters. The van der Waals surface area contributed by atoms with E-state index in [0.29, 0.717) is 39.3 Å². The average Bonchev–Trinajstić information content (AvgIpc) is 2.57. The topological polar surface area (TPSA) is 62.6 Å². The molecule has 1 atom stereocenters. The van der Waals surface area contributed by atoms with E-state index in [0.717, 1.165) is 11.1 Å². The summed E-state index contributed by atoms with van der Waals surface area (Å²) >= 11 is 0. The van der Waals surface area contributed by atoms with Crippen molar-refractivity contribution in [1.29, 1.82) is 5.26 Å². The number of carbonyl (C=O) groups excluding carboxylic acids is 1. The Kier molecular flexibility index (Phi) is 6.14. The first-order valence-corrected chi connectivity index (χ1v) is 8.09. The molecule has 1 heterocycles. The van der Waals surface area contributed by atoms with E-state index in [-0.39, 0.29) is 12.4 Å². The Morgan fingerprint density at radius 3 is 2.78 bits per heavy atom. The molecule has 0 bridgehead atoms. The normalized spacial score (nSPS) is 18.0. The molecule has 1 fully saturated rings.